The minimum absolute atomic E-state index is 0.122. The van der Waals surface area contributed by atoms with Crippen LogP contribution in [0.3, 0.4) is 0 Å². The molecule has 1 saturated heterocycles. The van der Waals surface area contributed by atoms with Crippen LogP contribution in [0.4, 0.5) is 5.13 Å². The van der Waals surface area contributed by atoms with E-state index in [1.165, 1.54) is 22.0 Å². The number of hydrogen-bond acceptors (Lipinski definition) is 8. The molecule has 5 rings (SSSR count). The molecule has 10 heteroatoms. The summed E-state index contributed by atoms with van der Waals surface area (Å²) >= 11 is 1.27. The largest absolute Gasteiger partial charge is 0.338 e. The number of Topliss-reactive ketones (excluding diaryl/α,β-unsaturated/α-hetero) is 1. The fourth-order valence-corrected chi connectivity index (χ4v) is 6.79. The molecule has 3 heterocycles. The molecule has 2 aromatic carbocycles. The maximum atomic E-state index is 13.4. The second-order valence-electron chi connectivity index (χ2n) is 9.21. The lowest BCUT2D eigenvalue weighted by Gasteiger charge is -2.22. The first kappa shape index (κ1) is 25.3. The number of aryl methyl sites for hydroxylation is 1. The summed E-state index contributed by atoms with van der Waals surface area (Å²) in [5.41, 5.74) is 1.44. The lowest BCUT2D eigenvalue weighted by molar-refractivity contribution is -0.120. The smallest absolute Gasteiger partial charge is 0.281 e. The van der Waals surface area contributed by atoms with Crippen LogP contribution in [0.2, 0.25) is 0 Å². The van der Waals surface area contributed by atoms with E-state index in [2.05, 4.69) is 4.98 Å². The van der Waals surface area contributed by atoms with Gasteiger partial charge in [-0.1, -0.05) is 53.8 Å². The number of sulfone groups is 1. The Morgan fingerprint density at radius 2 is 1.81 bits per heavy atom. The van der Waals surface area contributed by atoms with Gasteiger partial charge in [0.2, 0.25) is 0 Å². The van der Waals surface area contributed by atoms with Crippen LogP contribution in [0.5, 0.6) is 0 Å². The van der Waals surface area contributed by atoms with Crippen LogP contribution < -0.4 is 10.5 Å². The number of fused-ring (bicyclic) bond motifs is 1. The van der Waals surface area contributed by atoms with Crippen molar-refractivity contribution in [1.29, 1.82) is 0 Å². The Morgan fingerprint density at radius 1 is 1.08 bits per heavy atom. The van der Waals surface area contributed by atoms with E-state index >= 15 is 0 Å². The summed E-state index contributed by atoms with van der Waals surface area (Å²) in [6.45, 7) is 2.82. The van der Waals surface area contributed by atoms with Gasteiger partial charge < -0.3 is 4.90 Å². The summed E-state index contributed by atoms with van der Waals surface area (Å²) in [7, 11) is -3.54. The Labute approximate surface area is 219 Å². The topological polar surface area (TPSA) is 102 Å². The average molecular weight is 537 g/mol. The van der Waals surface area contributed by atoms with Crippen molar-refractivity contribution in [1.82, 2.24) is 14.5 Å². The quantitative estimate of drug-likeness (QED) is 0.334. The van der Waals surface area contributed by atoms with E-state index in [0.717, 1.165) is 24.7 Å². The second kappa shape index (κ2) is 10.2. The van der Waals surface area contributed by atoms with Crippen LogP contribution in [0, 0.1) is 0 Å². The molecule has 1 atom stereocenters. The van der Waals surface area contributed by atoms with Gasteiger partial charge in [0.1, 0.15) is 5.82 Å². The van der Waals surface area contributed by atoms with Crippen molar-refractivity contribution in [3.05, 3.63) is 70.5 Å². The van der Waals surface area contributed by atoms with Crippen molar-refractivity contribution in [3.8, 4) is 11.4 Å². The van der Waals surface area contributed by atoms with Crippen LogP contribution in [-0.4, -0.2) is 47.6 Å². The van der Waals surface area contributed by atoms with Crippen LogP contribution in [0.15, 0.2) is 64.3 Å². The van der Waals surface area contributed by atoms with E-state index in [1.54, 1.807) is 18.2 Å². The van der Waals surface area contributed by atoms with Gasteiger partial charge in [-0.15, -0.1) is 0 Å². The fourth-order valence-electron chi connectivity index (χ4n) is 4.90. The third kappa shape index (κ3) is 4.95. The molecule has 0 saturated carbocycles. The number of rotatable bonds is 8. The van der Waals surface area contributed by atoms with Crippen LogP contribution in [0.1, 0.15) is 31.7 Å². The molecule has 0 spiro atoms. The molecule has 2 aromatic heterocycles. The maximum absolute atomic E-state index is 13.4. The Hall–Kier alpha value is -3.37. The number of anilines is 1. The van der Waals surface area contributed by atoms with Crippen LogP contribution in [0.25, 0.3) is 21.7 Å². The van der Waals surface area contributed by atoms with E-state index in [0.29, 0.717) is 47.3 Å². The van der Waals surface area contributed by atoms with Crippen molar-refractivity contribution in [2.45, 2.75) is 50.1 Å². The van der Waals surface area contributed by atoms with Gasteiger partial charge in [-0.2, -0.15) is 0 Å². The molecule has 0 N–H and O–H groups in total. The molecule has 0 unspecified atom stereocenters. The molecule has 0 amide bonds. The molecule has 0 radical (unpaired) electrons. The molecule has 1 aliphatic heterocycles. The minimum atomic E-state index is -3.54. The van der Waals surface area contributed by atoms with Gasteiger partial charge in [0.15, 0.2) is 31.1 Å². The zero-order chi connectivity index (χ0) is 26.2. The minimum Gasteiger partial charge on any atom is -0.338 e. The van der Waals surface area contributed by atoms with Crippen LogP contribution in [-0.2, 0) is 27.6 Å². The van der Waals surface area contributed by atoms with Crippen molar-refractivity contribution < 1.29 is 13.2 Å². The van der Waals surface area contributed by atoms with E-state index in [4.69, 9.17) is 4.98 Å². The molecule has 0 bridgehead atoms. The number of nitrogens with zero attached hydrogens (tertiary/aromatic N) is 4. The molecular weight excluding hydrogens is 508 g/mol. The van der Waals surface area contributed by atoms with Gasteiger partial charge in [-0.25, -0.2) is 18.4 Å². The first-order valence-corrected chi connectivity index (χ1v) is 15.0. The molecule has 37 heavy (non-hydrogen) atoms. The summed E-state index contributed by atoms with van der Waals surface area (Å²) in [5, 5.41) is 0.603. The third-order valence-electron chi connectivity index (χ3n) is 6.73. The molecule has 0 aliphatic carbocycles. The van der Waals surface area contributed by atoms with E-state index in [-0.39, 0.29) is 27.8 Å². The lowest BCUT2D eigenvalue weighted by Crippen LogP contribution is -2.36. The number of thiazole rings is 1. The standard InChI is InChI=1S/C27H28N4O4S2/c1-3-30-24(19-12-7-8-14-22(19)37(2,34)35)29-25-23(26(30)33)28-27(36-25)31-17-9-13-20(31)21(32)16-15-18-10-5-4-6-11-18/h4-8,10-12,14,20H,3,9,13,15-17H2,1-2H3/t20-/m1/s1. The number of hydrogen-bond donors (Lipinski definition) is 0. The molecule has 192 valence electrons. The van der Waals surface area contributed by atoms with Crippen molar-refractivity contribution in [2.24, 2.45) is 0 Å². The second-order valence-corrected chi connectivity index (χ2v) is 12.1. The highest BCUT2D eigenvalue weighted by Gasteiger charge is 2.33. The number of benzene rings is 2. The van der Waals surface area contributed by atoms with Gasteiger partial charge in [-0.3, -0.25) is 14.2 Å². The molecule has 1 fully saturated rings. The van der Waals surface area contributed by atoms with Gasteiger partial charge in [0, 0.05) is 31.3 Å². The molecule has 1 aliphatic rings. The van der Waals surface area contributed by atoms with Crippen molar-refractivity contribution in [3.63, 3.8) is 0 Å². The lowest BCUT2D eigenvalue weighted by atomic mass is 10.0. The third-order valence-corrected chi connectivity index (χ3v) is 8.87. The fraction of sp³-hybridized carbons (Fsp3) is 0.333. The normalized spacial score (nSPS) is 15.9. The molecule has 4 aromatic rings. The highest BCUT2D eigenvalue weighted by atomic mass is 32.2. The van der Waals surface area contributed by atoms with Gasteiger partial charge in [0.05, 0.1) is 10.9 Å². The summed E-state index contributed by atoms with van der Waals surface area (Å²) in [4.78, 5) is 38.5. The summed E-state index contributed by atoms with van der Waals surface area (Å²) in [6, 6.07) is 16.3. The number of aromatic nitrogens is 3. The monoisotopic (exact) mass is 536 g/mol. The number of carbonyl (C=O) groups excluding carboxylic acids is 1. The van der Waals surface area contributed by atoms with Gasteiger partial charge >= 0.3 is 0 Å². The summed E-state index contributed by atoms with van der Waals surface area (Å²) in [5.74, 6) is 0.468. The molecule has 8 nitrogen and oxygen atoms in total. The first-order chi connectivity index (χ1) is 17.8. The number of carbonyl (C=O) groups is 1. The van der Waals surface area contributed by atoms with E-state index < -0.39 is 9.84 Å². The van der Waals surface area contributed by atoms with Crippen molar-refractivity contribution >= 4 is 42.4 Å². The predicted molar refractivity (Wildman–Crippen MR) is 146 cm³/mol. The van der Waals surface area contributed by atoms with Gasteiger partial charge in [-0.05, 0) is 43.9 Å². The Balaban J connectivity index is 1.51. The first-order valence-electron chi connectivity index (χ1n) is 12.3. The maximum Gasteiger partial charge on any atom is 0.281 e. The Bertz CT molecular complexity index is 1630. The predicted octanol–water partition coefficient (Wildman–Crippen LogP) is 4.11. The molecular formula is C27H28N4O4S2. The SMILES string of the molecule is CCn1c(-c2ccccc2S(C)(=O)=O)nc2sc(N3CCC[C@@H]3C(=O)CCc3ccccc3)nc2c1=O. The number of ketones is 1. The van der Waals surface area contributed by atoms with Crippen molar-refractivity contribution in [2.75, 3.05) is 17.7 Å². The Kier molecular flexibility index (Phi) is 6.96. The highest BCUT2D eigenvalue weighted by Crippen LogP contribution is 2.34. The average Bonchev–Trinajstić information content (AvgIpc) is 3.55. The zero-order valence-corrected chi connectivity index (χ0v) is 22.4. The van der Waals surface area contributed by atoms with E-state index in [9.17, 15) is 18.0 Å². The summed E-state index contributed by atoms with van der Waals surface area (Å²) < 4.78 is 26.3. The van der Waals surface area contributed by atoms with Gasteiger partial charge in [0.25, 0.3) is 5.56 Å². The highest BCUT2D eigenvalue weighted by molar-refractivity contribution is 7.90. The van der Waals surface area contributed by atoms with E-state index in [1.807, 2.05) is 42.2 Å². The van der Waals surface area contributed by atoms with Crippen LogP contribution >= 0.6 is 11.3 Å². The summed E-state index contributed by atoms with van der Waals surface area (Å²) in [6.07, 6.45) is 3.91. The Morgan fingerprint density at radius 3 is 2.54 bits per heavy atom. The zero-order valence-electron chi connectivity index (χ0n) is 20.8.